The molecule has 0 radical (unpaired) electrons. The first-order chi connectivity index (χ1) is 9.79. The van der Waals surface area contributed by atoms with Crippen molar-refractivity contribution in [2.75, 3.05) is 5.32 Å². The number of carbonyl (C=O) groups excluding carboxylic acids is 1. The Morgan fingerprint density at radius 1 is 1.33 bits per heavy atom. The van der Waals surface area contributed by atoms with Crippen LogP contribution in [0, 0.1) is 6.92 Å². The number of nitrogens with two attached hydrogens (primary N) is 1. The third-order valence-corrected chi connectivity index (χ3v) is 4.00. The fourth-order valence-electron chi connectivity index (χ4n) is 1.66. The Labute approximate surface area is 127 Å². The van der Waals surface area contributed by atoms with Gasteiger partial charge >= 0.3 is 0 Å². The van der Waals surface area contributed by atoms with E-state index < -0.39 is 15.9 Å². The predicted molar refractivity (Wildman–Crippen MR) is 79.8 cm³/mol. The number of sulfonamides is 1. The number of benzene rings is 1. The second kappa shape index (κ2) is 5.80. The molecule has 110 valence electrons. The first-order valence-electron chi connectivity index (χ1n) is 5.84. The highest BCUT2D eigenvalue weighted by atomic mass is 35.5. The lowest BCUT2D eigenvalue weighted by Crippen LogP contribution is -2.16. The van der Waals surface area contributed by atoms with Crippen molar-refractivity contribution in [3.05, 3.63) is 52.8 Å². The lowest BCUT2D eigenvalue weighted by Gasteiger charge is -2.10. The van der Waals surface area contributed by atoms with Gasteiger partial charge in [0.05, 0.1) is 10.5 Å². The normalized spacial score (nSPS) is 11.2. The highest BCUT2D eigenvalue weighted by Gasteiger charge is 2.14. The van der Waals surface area contributed by atoms with Gasteiger partial charge in [-0.2, -0.15) is 0 Å². The molecule has 8 heteroatoms. The second-order valence-corrected chi connectivity index (χ2v) is 6.24. The molecule has 0 aliphatic rings. The largest absolute Gasteiger partial charge is 0.322 e. The lowest BCUT2D eigenvalue weighted by atomic mass is 10.2. The Morgan fingerprint density at radius 3 is 2.67 bits per heavy atom. The number of primary sulfonamides is 1. The average molecular weight is 326 g/mol. The highest BCUT2D eigenvalue weighted by molar-refractivity contribution is 7.89. The maximum Gasteiger partial charge on any atom is 0.258 e. The van der Waals surface area contributed by atoms with Gasteiger partial charge in [-0.1, -0.05) is 17.7 Å². The summed E-state index contributed by atoms with van der Waals surface area (Å²) in [6.45, 7) is 1.73. The second-order valence-electron chi connectivity index (χ2n) is 4.32. The number of hydrogen-bond donors (Lipinski definition) is 2. The highest BCUT2D eigenvalue weighted by Crippen LogP contribution is 2.21. The Balaban J connectivity index is 2.36. The van der Waals surface area contributed by atoms with Crippen molar-refractivity contribution in [2.24, 2.45) is 5.14 Å². The summed E-state index contributed by atoms with van der Waals surface area (Å²) < 4.78 is 22.7. The van der Waals surface area contributed by atoms with Crippen LogP contribution in [0.2, 0.25) is 5.15 Å². The van der Waals surface area contributed by atoms with E-state index in [1.807, 2.05) is 0 Å². The molecule has 0 saturated carbocycles. The summed E-state index contributed by atoms with van der Waals surface area (Å²) in [6.07, 6.45) is 1.46. The molecule has 0 saturated heterocycles. The van der Waals surface area contributed by atoms with Crippen molar-refractivity contribution in [1.29, 1.82) is 0 Å². The number of hydrogen-bond acceptors (Lipinski definition) is 4. The molecule has 0 aliphatic heterocycles. The minimum Gasteiger partial charge on any atom is -0.322 e. The fraction of sp³-hybridized carbons (Fsp3) is 0.0769. The van der Waals surface area contributed by atoms with Gasteiger partial charge in [0, 0.05) is 11.9 Å². The van der Waals surface area contributed by atoms with Crippen LogP contribution in [-0.2, 0) is 10.0 Å². The van der Waals surface area contributed by atoms with Crippen molar-refractivity contribution in [1.82, 2.24) is 4.98 Å². The molecule has 21 heavy (non-hydrogen) atoms. The van der Waals surface area contributed by atoms with Crippen molar-refractivity contribution in [2.45, 2.75) is 11.8 Å². The molecule has 6 nitrogen and oxygen atoms in total. The molecule has 0 fully saturated rings. The number of amides is 1. The molecule has 0 bridgehead atoms. The number of aromatic nitrogens is 1. The van der Waals surface area contributed by atoms with E-state index in [0.29, 0.717) is 11.3 Å². The van der Waals surface area contributed by atoms with Gasteiger partial charge in [0.2, 0.25) is 10.0 Å². The number of nitrogens with zero attached hydrogens (tertiary/aromatic N) is 1. The van der Waals surface area contributed by atoms with E-state index in [1.54, 1.807) is 19.1 Å². The van der Waals surface area contributed by atoms with Gasteiger partial charge in [0.25, 0.3) is 5.91 Å². The molecule has 2 aromatic rings. The van der Waals surface area contributed by atoms with Gasteiger partial charge in [0.1, 0.15) is 5.15 Å². The molecular weight excluding hydrogens is 314 g/mol. The van der Waals surface area contributed by atoms with Crippen LogP contribution in [0.1, 0.15) is 15.9 Å². The van der Waals surface area contributed by atoms with Crippen molar-refractivity contribution >= 4 is 33.2 Å². The summed E-state index contributed by atoms with van der Waals surface area (Å²) in [6, 6.07) is 7.32. The molecule has 0 unspecified atom stereocenters. The molecule has 1 aromatic carbocycles. The monoisotopic (exact) mass is 325 g/mol. The molecular formula is C13H12ClN3O3S. The number of halogens is 1. The van der Waals surface area contributed by atoms with E-state index in [0.717, 1.165) is 0 Å². The Morgan fingerprint density at radius 2 is 2.05 bits per heavy atom. The number of nitrogens with one attached hydrogen (secondary N) is 1. The first-order valence-corrected chi connectivity index (χ1v) is 7.77. The molecule has 1 aromatic heterocycles. The average Bonchev–Trinajstić information content (AvgIpc) is 2.40. The number of aryl methyl sites for hydroxylation is 1. The number of anilines is 1. The predicted octanol–water partition coefficient (Wildman–Crippen LogP) is 1.94. The topological polar surface area (TPSA) is 102 Å². The molecule has 0 spiro atoms. The SMILES string of the molecule is Cc1ccc(S(N)(=O)=O)cc1NC(=O)c1cccnc1Cl. The zero-order chi connectivity index (χ0) is 15.6. The molecule has 1 amide bonds. The maximum absolute atomic E-state index is 12.1. The summed E-state index contributed by atoms with van der Waals surface area (Å²) in [5, 5.41) is 7.73. The summed E-state index contributed by atoms with van der Waals surface area (Å²) in [5.74, 6) is -0.484. The third kappa shape index (κ3) is 3.57. The smallest absolute Gasteiger partial charge is 0.258 e. The van der Waals surface area contributed by atoms with Crippen LogP contribution < -0.4 is 10.5 Å². The van der Waals surface area contributed by atoms with Crippen LogP contribution in [0.15, 0.2) is 41.4 Å². The van der Waals surface area contributed by atoms with Gasteiger partial charge in [-0.05, 0) is 36.8 Å². The quantitative estimate of drug-likeness (QED) is 0.842. The minimum atomic E-state index is -3.84. The van der Waals surface area contributed by atoms with Gasteiger partial charge in [-0.15, -0.1) is 0 Å². The zero-order valence-electron chi connectivity index (χ0n) is 11.0. The lowest BCUT2D eigenvalue weighted by molar-refractivity contribution is 0.102. The van der Waals surface area contributed by atoms with Gasteiger partial charge < -0.3 is 5.32 Å². The summed E-state index contributed by atoms with van der Waals surface area (Å²) >= 11 is 5.84. The van der Waals surface area contributed by atoms with Crippen LogP contribution in [0.4, 0.5) is 5.69 Å². The van der Waals surface area contributed by atoms with E-state index in [4.69, 9.17) is 16.7 Å². The van der Waals surface area contributed by atoms with Crippen molar-refractivity contribution in [3.8, 4) is 0 Å². The zero-order valence-corrected chi connectivity index (χ0v) is 12.6. The Bertz CT molecular complexity index is 806. The van der Waals surface area contributed by atoms with Gasteiger partial charge in [-0.3, -0.25) is 4.79 Å². The van der Waals surface area contributed by atoms with Crippen molar-refractivity contribution < 1.29 is 13.2 Å². The van der Waals surface area contributed by atoms with Gasteiger partial charge in [0.15, 0.2) is 0 Å². The van der Waals surface area contributed by atoms with E-state index in [9.17, 15) is 13.2 Å². The number of carbonyl (C=O) groups is 1. The first kappa shape index (κ1) is 15.4. The standard InChI is InChI=1S/C13H12ClN3O3S/c1-8-4-5-9(21(15,19)20)7-11(8)17-13(18)10-3-2-6-16-12(10)14/h2-7H,1H3,(H,17,18)(H2,15,19,20). The van der Waals surface area contributed by atoms with Crippen molar-refractivity contribution in [3.63, 3.8) is 0 Å². The Kier molecular flexibility index (Phi) is 4.26. The number of pyridine rings is 1. The van der Waals surface area contributed by atoms with Crippen LogP contribution in [0.25, 0.3) is 0 Å². The summed E-state index contributed by atoms with van der Waals surface area (Å²) in [5.41, 5.74) is 1.22. The fourth-order valence-corrected chi connectivity index (χ4v) is 2.40. The van der Waals surface area contributed by atoms with Crippen LogP contribution >= 0.6 is 11.6 Å². The molecule has 2 rings (SSSR count). The minimum absolute atomic E-state index is 0.0651. The Hall–Kier alpha value is -1.96. The maximum atomic E-state index is 12.1. The number of rotatable bonds is 3. The third-order valence-electron chi connectivity index (χ3n) is 2.79. The van der Waals surface area contributed by atoms with Crippen LogP contribution in [-0.4, -0.2) is 19.3 Å². The summed E-state index contributed by atoms with van der Waals surface area (Å²) in [7, 11) is -3.84. The summed E-state index contributed by atoms with van der Waals surface area (Å²) in [4.78, 5) is 15.9. The molecule has 0 atom stereocenters. The molecule has 3 N–H and O–H groups in total. The van der Waals surface area contributed by atoms with E-state index in [-0.39, 0.29) is 15.6 Å². The molecule has 0 aliphatic carbocycles. The van der Waals surface area contributed by atoms with Crippen LogP contribution in [0.5, 0.6) is 0 Å². The van der Waals surface area contributed by atoms with E-state index >= 15 is 0 Å². The van der Waals surface area contributed by atoms with Crippen LogP contribution in [0.3, 0.4) is 0 Å². The molecule has 1 heterocycles. The van der Waals surface area contributed by atoms with E-state index in [1.165, 1.54) is 24.4 Å². The van der Waals surface area contributed by atoms with Gasteiger partial charge in [-0.25, -0.2) is 18.5 Å². The van der Waals surface area contributed by atoms with E-state index in [2.05, 4.69) is 10.3 Å².